The molecule has 1 aliphatic carbocycles. The number of anilines is 1. The summed E-state index contributed by atoms with van der Waals surface area (Å²) in [7, 11) is 1.73. The van der Waals surface area contributed by atoms with Gasteiger partial charge >= 0.3 is 0 Å². The van der Waals surface area contributed by atoms with E-state index in [9.17, 15) is 0 Å². The third-order valence-electron chi connectivity index (χ3n) is 3.69. The first kappa shape index (κ1) is 14.3. The molecular formula is C15H25N3O. The highest BCUT2D eigenvalue weighted by Gasteiger charge is 2.20. The Labute approximate surface area is 116 Å². The molecule has 1 aromatic heterocycles. The summed E-state index contributed by atoms with van der Waals surface area (Å²) in [6.07, 6.45) is 6.68. The van der Waals surface area contributed by atoms with Crippen molar-refractivity contribution in [1.29, 1.82) is 0 Å². The fourth-order valence-corrected chi connectivity index (χ4v) is 2.60. The molecule has 2 rings (SSSR count). The number of hydrogen-bond acceptors (Lipinski definition) is 4. The maximum Gasteiger partial charge on any atom is 0.159 e. The standard InChI is InChI=1S/C15H25N3O/c1-4-10-16-14-11-8-6-7-9-12(11)17-15(18-14)13(5-2)19-3/h13H,4-10H2,1-3H3,(H,16,17,18). The van der Waals surface area contributed by atoms with E-state index in [0.29, 0.717) is 0 Å². The highest BCUT2D eigenvalue weighted by Crippen LogP contribution is 2.28. The van der Waals surface area contributed by atoms with Gasteiger partial charge in [0.1, 0.15) is 11.9 Å². The van der Waals surface area contributed by atoms with Crippen LogP contribution in [0.15, 0.2) is 0 Å². The van der Waals surface area contributed by atoms with Crippen molar-refractivity contribution < 1.29 is 4.74 Å². The molecule has 19 heavy (non-hydrogen) atoms. The van der Waals surface area contributed by atoms with Gasteiger partial charge in [0.2, 0.25) is 0 Å². The van der Waals surface area contributed by atoms with E-state index in [1.54, 1.807) is 7.11 Å². The number of methoxy groups -OCH3 is 1. The molecule has 1 N–H and O–H groups in total. The van der Waals surface area contributed by atoms with E-state index in [4.69, 9.17) is 14.7 Å². The van der Waals surface area contributed by atoms with Crippen LogP contribution in [-0.2, 0) is 17.6 Å². The van der Waals surface area contributed by atoms with Crippen LogP contribution in [0.1, 0.15) is 62.7 Å². The lowest BCUT2D eigenvalue weighted by atomic mass is 9.96. The number of nitrogens with one attached hydrogen (secondary N) is 1. The van der Waals surface area contributed by atoms with Crippen molar-refractivity contribution in [2.24, 2.45) is 0 Å². The molecule has 1 atom stereocenters. The molecule has 0 aromatic carbocycles. The van der Waals surface area contributed by atoms with Crippen molar-refractivity contribution in [3.05, 3.63) is 17.1 Å². The average Bonchev–Trinajstić information content (AvgIpc) is 2.46. The Bertz CT molecular complexity index is 416. The van der Waals surface area contributed by atoms with Crippen molar-refractivity contribution in [2.45, 2.75) is 58.5 Å². The van der Waals surface area contributed by atoms with E-state index in [0.717, 1.165) is 43.9 Å². The van der Waals surface area contributed by atoms with E-state index in [-0.39, 0.29) is 6.10 Å². The second-order valence-corrected chi connectivity index (χ2v) is 5.12. The molecule has 0 radical (unpaired) electrons. The maximum absolute atomic E-state index is 5.48. The van der Waals surface area contributed by atoms with Gasteiger partial charge in [-0.25, -0.2) is 9.97 Å². The Hall–Kier alpha value is -1.16. The van der Waals surface area contributed by atoms with E-state index < -0.39 is 0 Å². The topological polar surface area (TPSA) is 47.0 Å². The first-order valence-electron chi connectivity index (χ1n) is 7.46. The zero-order chi connectivity index (χ0) is 13.7. The molecule has 1 heterocycles. The van der Waals surface area contributed by atoms with Gasteiger partial charge in [-0.2, -0.15) is 0 Å². The monoisotopic (exact) mass is 263 g/mol. The number of ether oxygens (including phenoxy) is 1. The highest BCUT2D eigenvalue weighted by molar-refractivity contribution is 5.48. The van der Waals surface area contributed by atoms with Crippen LogP contribution in [0, 0.1) is 0 Å². The molecule has 1 unspecified atom stereocenters. The van der Waals surface area contributed by atoms with Crippen molar-refractivity contribution in [3.8, 4) is 0 Å². The number of hydrogen-bond donors (Lipinski definition) is 1. The Kier molecular flexibility index (Phi) is 5.14. The van der Waals surface area contributed by atoms with Gasteiger partial charge in [0.25, 0.3) is 0 Å². The lowest BCUT2D eigenvalue weighted by molar-refractivity contribution is 0.0924. The highest BCUT2D eigenvalue weighted by atomic mass is 16.5. The minimum atomic E-state index is 0.00871. The fraction of sp³-hybridized carbons (Fsp3) is 0.733. The molecule has 0 fully saturated rings. The molecule has 4 heteroatoms. The SMILES string of the molecule is CCCNc1nc(C(CC)OC)nc2c1CCCC2. The molecule has 0 bridgehead atoms. The van der Waals surface area contributed by atoms with Crippen LogP contribution in [0.3, 0.4) is 0 Å². The Balaban J connectivity index is 2.35. The molecular weight excluding hydrogens is 238 g/mol. The van der Waals surface area contributed by atoms with E-state index in [2.05, 4.69) is 19.2 Å². The number of rotatable bonds is 6. The minimum absolute atomic E-state index is 0.00871. The van der Waals surface area contributed by atoms with Gasteiger partial charge < -0.3 is 10.1 Å². The summed E-state index contributed by atoms with van der Waals surface area (Å²) in [5.74, 6) is 1.88. The third kappa shape index (κ3) is 3.24. The number of aryl methyl sites for hydroxylation is 1. The summed E-state index contributed by atoms with van der Waals surface area (Å²) in [4.78, 5) is 9.47. The summed E-state index contributed by atoms with van der Waals surface area (Å²) in [5.41, 5.74) is 2.56. The normalized spacial score (nSPS) is 15.9. The lowest BCUT2D eigenvalue weighted by Crippen LogP contribution is -2.17. The lowest BCUT2D eigenvalue weighted by Gasteiger charge is -2.21. The van der Waals surface area contributed by atoms with Crippen LogP contribution in [-0.4, -0.2) is 23.6 Å². The summed E-state index contributed by atoms with van der Waals surface area (Å²) >= 11 is 0. The van der Waals surface area contributed by atoms with Gasteiger partial charge in [-0.1, -0.05) is 13.8 Å². The van der Waals surface area contributed by atoms with Crippen molar-refractivity contribution in [3.63, 3.8) is 0 Å². The largest absolute Gasteiger partial charge is 0.373 e. The first-order valence-corrected chi connectivity index (χ1v) is 7.46. The van der Waals surface area contributed by atoms with Crippen LogP contribution < -0.4 is 5.32 Å². The molecule has 106 valence electrons. The van der Waals surface area contributed by atoms with Gasteiger partial charge in [-0.05, 0) is 38.5 Å². The molecule has 0 spiro atoms. The van der Waals surface area contributed by atoms with Crippen molar-refractivity contribution >= 4 is 5.82 Å². The summed E-state index contributed by atoms with van der Waals surface area (Å²) in [6.45, 7) is 5.24. The van der Waals surface area contributed by atoms with Crippen LogP contribution in [0.2, 0.25) is 0 Å². The summed E-state index contributed by atoms with van der Waals surface area (Å²) in [5, 5.41) is 3.46. The van der Waals surface area contributed by atoms with E-state index >= 15 is 0 Å². The molecule has 1 aliphatic rings. The Morgan fingerprint density at radius 3 is 2.68 bits per heavy atom. The maximum atomic E-state index is 5.48. The zero-order valence-electron chi connectivity index (χ0n) is 12.3. The third-order valence-corrected chi connectivity index (χ3v) is 3.69. The molecule has 4 nitrogen and oxygen atoms in total. The van der Waals surface area contributed by atoms with Gasteiger partial charge in [0, 0.05) is 24.9 Å². The van der Waals surface area contributed by atoms with E-state index in [1.165, 1.54) is 24.1 Å². The minimum Gasteiger partial charge on any atom is -0.373 e. The van der Waals surface area contributed by atoms with Gasteiger partial charge in [0.05, 0.1) is 0 Å². The molecule has 0 saturated heterocycles. The predicted molar refractivity (Wildman–Crippen MR) is 77.5 cm³/mol. The Morgan fingerprint density at radius 2 is 2.00 bits per heavy atom. The molecule has 1 aromatic rings. The van der Waals surface area contributed by atoms with Crippen LogP contribution in [0.25, 0.3) is 0 Å². The second-order valence-electron chi connectivity index (χ2n) is 5.12. The quantitative estimate of drug-likeness (QED) is 0.855. The van der Waals surface area contributed by atoms with Crippen molar-refractivity contribution in [2.75, 3.05) is 19.0 Å². The second kappa shape index (κ2) is 6.85. The summed E-state index contributed by atoms with van der Waals surface area (Å²) < 4.78 is 5.48. The average molecular weight is 263 g/mol. The van der Waals surface area contributed by atoms with Crippen LogP contribution in [0.5, 0.6) is 0 Å². The van der Waals surface area contributed by atoms with Gasteiger partial charge in [0.15, 0.2) is 5.82 Å². The smallest absolute Gasteiger partial charge is 0.159 e. The van der Waals surface area contributed by atoms with Crippen molar-refractivity contribution in [1.82, 2.24) is 9.97 Å². The zero-order valence-corrected chi connectivity index (χ0v) is 12.3. The summed E-state index contributed by atoms with van der Waals surface area (Å²) in [6, 6.07) is 0. The molecule has 0 saturated carbocycles. The first-order chi connectivity index (χ1) is 9.30. The predicted octanol–water partition coefficient (Wildman–Crippen LogP) is 3.27. The van der Waals surface area contributed by atoms with Crippen LogP contribution in [0.4, 0.5) is 5.82 Å². The number of fused-ring (bicyclic) bond motifs is 1. The van der Waals surface area contributed by atoms with Crippen LogP contribution >= 0.6 is 0 Å². The molecule has 0 aliphatic heterocycles. The number of nitrogens with zero attached hydrogens (tertiary/aromatic N) is 2. The number of aromatic nitrogens is 2. The van der Waals surface area contributed by atoms with Gasteiger partial charge in [-0.15, -0.1) is 0 Å². The van der Waals surface area contributed by atoms with Gasteiger partial charge in [-0.3, -0.25) is 0 Å². The molecule has 0 amide bonds. The fourth-order valence-electron chi connectivity index (χ4n) is 2.60. The Morgan fingerprint density at radius 1 is 1.21 bits per heavy atom. The van der Waals surface area contributed by atoms with E-state index in [1.807, 2.05) is 0 Å².